The molecule has 0 saturated carbocycles. The summed E-state index contributed by atoms with van der Waals surface area (Å²) in [6.45, 7) is -1.62. The predicted octanol–water partition coefficient (Wildman–Crippen LogP) is -1.56. The monoisotopic (exact) mass is 422 g/mol. The van der Waals surface area contributed by atoms with Crippen molar-refractivity contribution in [1.82, 2.24) is 0 Å². The van der Waals surface area contributed by atoms with Crippen LogP contribution in [0.5, 0.6) is 0 Å². The van der Waals surface area contributed by atoms with Crippen LogP contribution in [0.2, 0.25) is 0 Å². The van der Waals surface area contributed by atoms with E-state index in [1.54, 1.807) is 0 Å². The Balaban J connectivity index is 1.50. The highest BCUT2D eigenvalue weighted by atomic mass is 32.2. The second-order valence-electron chi connectivity index (χ2n) is 5.79. The molecule has 15 heteroatoms. The number of hydrogen-bond acceptors (Lipinski definition) is 10. The van der Waals surface area contributed by atoms with Crippen molar-refractivity contribution in [1.29, 1.82) is 0 Å². The van der Waals surface area contributed by atoms with Gasteiger partial charge in [0.05, 0.1) is 6.10 Å². The van der Waals surface area contributed by atoms with Crippen molar-refractivity contribution >= 4 is 32.2 Å². The average molecular weight is 422 g/mol. The second kappa shape index (κ2) is 6.05. The van der Waals surface area contributed by atoms with Gasteiger partial charge in [0, 0.05) is 0 Å². The Morgan fingerprint density at radius 1 is 1.19 bits per heavy atom. The molecule has 0 aromatic carbocycles. The molecule has 0 radical (unpaired) electrons. The summed E-state index contributed by atoms with van der Waals surface area (Å²) in [6.07, 6.45) is -2.50. The summed E-state index contributed by atoms with van der Waals surface area (Å²) in [4.78, 5) is 23.0. The minimum absolute atomic E-state index is 0.0544. The molecular formula is C11H12F2O11S2. The third-order valence-corrected chi connectivity index (χ3v) is 6.76. The standard InChI is InChI=1S/C11H12F2O11S2/c12-11(13,26(18,19)20)10(15)22-2-1-21-9(14)6-4-3-5-7(23-4)8(6)24-25(5,16)17/h4-8H,1-3H2,(H,18,19,20). The summed E-state index contributed by atoms with van der Waals surface area (Å²) >= 11 is 0. The first-order valence-corrected chi connectivity index (χ1v) is 10.0. The SMILES string of the molecule is O=C(OCCOC(=O)C(F)(F)S(=O)(=O)O)C1C2CC3C(O2)C1OS3(=O)=O. The maximum Gasteiger partial charge on any atom is 0.465 e. The van der Waals surface area contributed by atoms with Gasteiger partial charge in [-0.15, -0.1) is 0 Å². The van der Waals surface area contributed by atoms with Gasteiger partial charge in [-0.25, -0.2) is 4.79 Å². The van der Waals surface area contributed by atoms with Crippen molar-refractivity contribution < 1.29 is 58.2 Å². The molecule has 5 atom stereocenters. The summed E-state index contributed by atoms with van der Waals surface area (Å²) in [6, 6.07) is 0. The van der Waals surface area contributed by atoms with E-state index in [2.05, 4.69) is 4.74 Å². The fraction of sp³-hybridized carbons (Fsp3) is 0.818. The normalized spacial score (nSPS) is 34.7. The van der Waals surface area contributed by atoms with Crippen LogP contribution < -0.4 is 0 Å². The van der Waals surface area contributed by atoms with Crippen molar-refractivity contribution in [3.8, 4) is 0 Å². The van der Waals surface area contributed by atoms with Crippen molar-refractivity contribution in [2.75, 3.05) is 13.2 Å². The molecule has 5 unspecified atom stereocenters. The van der Waals surface area contributed by atoms with Gasteiger partial charge in [0.2, 0.25) is 0 Å². The van der Waals surface area contributed by atoms with Gasteiger partial charge in [-0.3, -0.25) is 13.5 Å². The molecular weight excluding hydrogens is 410 g/mol. The molecule has 0 aliphatic carbocycles. The molecule has 3 fully saturated rings. The minimum Gasteiger partial charge on any atom is -0.462 e. The molecule has 3 aliphatic rings. The van der Waals surface area contributed by atoms with E-state index in [4.69, 9.17) is 18.2 Å². The molecule has 26 heavy (non-hydrogen) atoms. The number of fused-ring (bicyclic) bond motifs is 1. The maximum absolute atomic E-state index is 12.9. The minimum atomic E-state index is -6.00. The van der Waals surface area contributed by atoms with E-state index >= 15 is 0 Å². The summed E-state index contributed by atoms with van der Waals surface area (Å²) < 4.78 is 97.1. The van der Waals surface area contributed by atoms with Gasteiger partial charge in [0.15, 0.2) is 0 Å². The van der Waals surface area contributed by atoms with Crippen LogP contribution in [-0.2, 0) is 48.2 Å². The van der Waals surface area contributed by atoms with Gasteiger partial charge in [-0.2, -0.15) is 25.6 Å². The molecule has 3 saturated heterocycles. The zero-order chi connectivity index (χ0) is 19.5. The second-order valence-corrected chi connectivity index (χ2v) is 9.03. The molecule has 0 amide bonds. The van der Waals surface area contributed by atoms with E-state index in [1.165, 1.54) is 0 Å². The lowest BCUT2D eigenvalue weighted by Gasteiger charge is -2.20. The number of ether oxygens (including phenoxy) is 3. The van der Waals surface area contributed by atoms with Crippen LogP contribution in [0.1, 0.15) is 6.42 Å². The number of carbonyl (C=O) groups is 2. The lowest BCUT2D eigenvalue weighted by Crippen LogP contribution is -2.41. The largest absolute Gasteiger partial charge is 0.465 e. The lowest BCUT2D eigenvalue weighted by atomic mass is 9.86. The number of alkyl halides is 2. The van der Waals surface area contributed by atoms with Crippen LogP contribution in [0.3, 0.4) is 0 Å². The Bertz CT molecular complexity index is 836. The molecule has 3 heterocycles. The Hall–Kier alpha value is -1.42. The zero-order valence-electron chi connectivity index (χ0n) is 12.6. The molecule has 3 rings (SSSR count). The van der Waals surface area contributed by atoms with Crippen LogP contribution in [0, 0.1) is 5.92 Å². The van der Waals surface area contributed by atoms with E-state index in [0.717, 1.165) is 0 Å². The summed E-state index contributed by atoms with van der Waals surface area (Å²) in [7, 11) is -9.83. The molecule has 3 aliphatic heterocycles. The first-order chi connectivity index (χ1) is 11.9. The molecule has 11 nitrogen and oxygen atoms in total. The van der Waals surface area contributed by atoms with Gasteiger partial charge in [0.1, 0.15) is 36.6 Å². The lowest BCUT2D eigenvalue weighted by molar-refractivity contribution is -0.167. The maximum atomic E-state index is 12.9. The Morgan fingerprint density at radius 3 is 2.42 bits per heavy atom. The highest BCUT2D eigenvalue weighted by Crippen LogP contribution is 2.50. The van der Waals surface area contributed by atoms with E-state index < -0.39 is 80.1 Å². The van der Waals surface area contributed by atoms with E-state index in [0.29, 0.717) is 0 Å². The number of rotatable bonds is 6. The number of esters is 2. The van der Waals surface area contributed by atoms with E-state index in [-0.39, 0.29) is 6.42 Å². The summed E-state index contributed by atoms with van der Waals surface area (Å²) in [5.74, 6) is -4.51. The first-order valence-electron chi connectivity index (χ1n) is 7.12. The average Bonchev–Trinajstić information content (AvgIpc) is 3.11. The fourth-order valence-electron chi connectivity index (χ4n) is 3.12. The van der Waals surface area contributed by atoms with E-state index in [9.17, 15) is 35.2 Å². The Kier molecular flexibility index (Phi) is 4.50. The molecule has 0 spiro atoms. The highest BCUT2D eigenvalue weighted by Gasteiger charge is 2.67. The van der Waals surface area contributed by atoms with Crippen LogP contribution in [0.15, 0.2) is 0 Å². The first kappa shape index (κ1) is 19.3. The van der Waals surface area contributed by atoms with Crippen LogP contribution in [-0.4, -0.2) is 75.4 Å². The quantitative estimate of drug-likeness (QED) is 0.228. The van der Waals surface area contributed by atoms with Gasteiger partial charge in [0.25, 0.3) is 10.1 Å². The van der Waals surface area contributed by atoms with Gasteiger partial charge < -0.3 is 14.2 Å². The van der Waals surface area contributed by atoms with Gasteiger partial charge >= 0.3 is 27.3 Å². The molecule has 0 aromatic heterocycles. The molecule has 2 bridgehead atoms. The third kappa shape index (κ3) is 2.96. The number of carbonyl (C=O) groups excluding carboxylic acids is 2. The highest BCUT2D eigenvalue weighted by molar-refractivity contribution is 7.88. The topological polar surface area (TPSA) is 160 Å². The van der Waals surface area contributed by atoms with Crippen molar-refractivity contribution in [3.05, 3.63) is 0 Å². The predicted molar refractivity (Wildman–Crippen MR) is 72.8 cm³/mol. The van der Waals surface area contributed by atoms with Crippen molar-refractivity contribution in [2.45, 2.75) is 35.2 Å². The van der Waals surface area contributed by atoms with Crippen molar-refractivity contribution in [2.24, 2.45) is 5.92 Å². The van der Waals surface area contributed by atoms with E-state index in [1.807, 2.05) is 0 Å². The third-order valence-electron chi connectivity index (χ3n) is 4.25. The summed E-state index contributed by atoms with van der Waals surface area (Å²) in [5, 5.41) is -6.00. The van der Waals surface area contributed by atoms with Gasteiger partial charge in [-0.05, 0) is 6.42 Å². The smallest absolute Gasteiger partial charge is 0.462 e. The van der Waals surface area contributed by atoms with Gasteiger partial charge in [-0.1, -0.05) is 0 Å². The summed E-state index contributed by atoms with van der Waals surface area (Å²) in [5.41, 5.74) is 0. The fourth-order valence-corrected chi connectivity index (χ4v) is 5.04. The van der Waals surface area contributed by atoms with Crippen LogP contribution in [0.4, 0.5) is 8.78 Å². The molecule has 1 N–H and O–H groups in total. The Labute approximate surface area is 145 Å². The van der Waals surface area contributed by atoms with Crippen molar-refractivity contribution in [3.63, 3.8) is 0 Å². The number of halogens is 2. The zero-order valence-corrected chi connectivity index (χ0v) is 14.2. The number of hydrogen-bond donors (Lipinski definition) is 1. The van der Waals surface area contributed by atoms with Crippen LogP contribution in [0.25, 0.3) is 0 Å². The molecule has 148 valence electrons. The van der Waals surface area contributed by atoms with Crippen LogP contribution >= 0.6 is 0 Å². The Morgan fingerprint density at radius 2 is 1.81 bits per heavy atom. The molecule has 0 aromatic rings.